The van der Waals surface area contributed by atoms with Gasteiger partial charge in [-0.2, -0.15) is 9.97 Å². The number of hydrogen-bond acceptors (Lipinski definition) is 8. The van der Waals surface area contributed by atoms with Crippen molar-refractivity contribution >= 4 is 11.9 Å². The minimum absolute atomic E-state index is 0.0598. The van der Waals surface area contributed by atoms with E-state index in [0.717, 1.165) is 0 Å². The minimum Gasteiger partial charge on any atom is -0.481 e. The van der Waals surface area contributed by atoms with Crippen LogP contribution < -0.4 is 19.5 Å². The van der Waals surface area contributed by atoms with E-state index in [-0.39, 0.29) is 23.7 Å². The molecule has 1 unspecified atom stereocenters. The number of carbonyl (C=O) groups is 2. The molecule has 0 saturated heterocycles. The lowest BCUT2D eigenvalue weighted by molar-refractivity contribution is -0.159. The molecule has 1 aromatic rings. The summed E-state index contributed by atoms with van der Waals surface area (Å²) in [7, 11) is 2.90. The van der Waals surface area contributed by atoms with Gasteiger partial charge < -0.3 is 24.3 Å². The summed E-state index contributed by atoms with van der Waals surface area (Å²) in [6, 6.07) is 0.653. The molecule has 0 aromatic carbocycles. The first-order chi connectivity index (χ1) is 13.0. The molecule has 1 heterocycles. The minimum atomic E-state index is -0.923. The highest BCUT2D eigenvalue weighted by atomic mass is 16.6. The zero-order chi connectivity index (χ0) is 21.5. The molecule has 158 valence electrons. The Kier molecular flexibility index (Phi) is 8.46. The van der Waals surface area contributed by atoms with E-state index in [4.69, 9.17) is 18.9 Å². The summed E-state index contributed by atoms with van der Waals surface area (Å²) in [5.74, 6) is -0.685. The third kappa shape index (κ3) is 7.21. The maximum Gasteiger partial charge on any atom is 0.329 e. The van der Waals surface area contributed by atoms with Gasteiger partial charge in [-0.05, 0) is 33.1 Å². The first kappa shape index (κ1) is 23.5. The zero-order valence-electron chi connectivity index (χ0n) is 17.9. The summed E-state index contributed by atoms with van der Waals surface area (Å²) in [5, 5.41) is 2.69. The van der Waals surface area contributed by atoms with E-state index < -0.39 is 29.6 Å². The molecule has 0 aliphatic rings. The summed E-state index contributed by atoms with van der Waals surface area (Å²) in [4.78, 5) is 33.2. The fraction of sp³-hybridized carbons (Fsp3) is 0.684. The zero-order valence-corrected chi connectivity index (χ0v) is 17.9. The molecule has 9 heteroatoms. The van der Waals surface area contributed by atoms with Gasteiger partial charge in [-0.15, -0.1) is 0 Å². The van der Waals surface area contributed by atoms with Crippen LogP contribution in [0, 0.1) is 5.92 Å². The third-order valence-corrected chi connectivity index (χ3v) is 3.59. The number of hydrogen-bond donors (Lipinski definition) is 1. The number of esters is 1. The molecule has 0 radical (unpaired) electrons. The van der Waals surface area contributed by atoms with E-state index in [9.17, 15) is 9.59 Å². The lowest BCUT2D eigenvalue weighted by Gasteiger charge is -2.26. The van der Waals surface area contributed by atoms with Crippen molar-refractivity contribution in [1.29, 1.82) is 0 Å². The molecular formula is C19H31N3O6. The Morgan fingerprint density at radius 2 is 1.64 bits per heavy atom. The molecule has 1 aromatic heterocycles. The van der Waals surface area contributed by atoms with Crippen LogP contribution in [0.2, 0.25) is 0 Å². The number of nitrogens with zero attached hydrogens (tertiary/aromatic N) is 2. The molecular weight excluding hydrogens is 366 g/mol. The molecule has 1 amide bonds. The van der Waals surface area contributed by atoms with Crippen molar-refractivity contribution in [3.05, 3.63) is 6.07 Å². The normalized spacial score (nSPS) is 13.5. The van der Waals surface area contributed by atoms with Crippen LogP contribution in [-0.4, -0.2) is 53.8 Å². The topological polar surface area (TPSA) is 109 Å². The largest absolute Gasteiger partial charge is 0.481 e. The van der Waals surface area contributed by atoms with E-state index in [1.165, 1.54) is 20.3 Å². The van der Waals surface area contributed by atoms with Crippen molar-refractivity contribution in [2.75, 3.05) is 14.2 Å². The van der Waals surface area contributed by atoms with Gasteiger partial charge in [0.05, 0.1) is 20.3 Å². The van der Waals surface area contributed by atoms with Crippen LogP contribution in [0.25, 0.3) is 0 Å². The van der Waals surface area contributed by atoms with E-state index in [1.54, 1.807) is 27.7 Å². The van der Waals surface area contributed by atoms with Crippen LogP contribution in [0.3, 0.4) is 0 Å². The Bertz CT molecular complexity index is 650. The molecule has 2 atom stereocenters. The Morgan fingerprint density at radius 3 is 2.04 bits per heavy atom. The van der Waals surface area contributed by atoms with Gasteiger partial charge in [-0.3, -0.25) is 4.79 Å². The Balaban J connectivity index is 2.96. The van der Waals surface area contributed by atoms with Gasteiger partial charge >= 0.3 is 12.0 Å². The average Bonchev–Trinajstić information content (AvgIpc) is 2.61. The third-order valence-electron chi connectivity index (χ3n) is 3.59. The molecule has 1 N–H and O–H groups in total. The summed E-state index contributed by atoms with van der Waals surface area (Å²) in [6.45, 7) is 10.7. The molecule has 9 nitrogen and oxygen atoms in total. The van der Waals surface area contributed by atoms with Crippen LogP contribution in [0.4, 0.5) is 0 Å². The fourth-order valence-corrected chi connectivity index (χ4v) is 2.21. The quantitative estimate of drug-likeness (QED) is 0.631. The smallest absolute Gasteiger partial charge is 0.329 e. The number of nitrogens with one attached hydrogen (secondary N) is 1. The average molecular weight is 397 g/mol. The summed E-state index contributed by atoms with van der Waals surface area (Å²) in [5.41, 5.74) is -0.645. The van der Waals surface area contributed by atoms with Crippen molar-refractivity contribution in [3.63, 3.8) is 0 Å². The summed E-state index contributed by atoms with van der Waals surface area (Å²) >= 11 is 0. The van der Waals surface area contributed by atoms with Crippen LogP contribution in [0.5, 0.6) is 17.8 Å². The molecule has 0 aliphatic heterocycles. The predicted molar refractivity (Wildman–Crippen MR) is 102 cm³/mol. The number of amides is 1. The molecule has 1 rings (SSSR count). The Morgan fingerprint density at radius 1 is 1.11 bits per heavy atom. The second-order valence-electron chi connectivity index (χ2n) is 7.52. The fourth-order valence-electron chi connectivity index (χ4n) is 2.21. The molecule has 28 heavy (non-hydrogen) atoms. The summed E-state index contributed by atoms with van der Waals surface area (Å²) in [6.07, 6.45) is -0.539. The lowest BCUT2D eigenvalue weighted by atomic mass is 10.1. The van der Waals surface area contributed by atoms with Gasteiger partial charge in [-0.25, -0.2) is 4.79 Å². The van der Waals surface area contributed by atoms with E-state index in [0.29, 0.717) is 6.42 Å². The lowest BCUT2D eigenvalue weighted by Crippen LogP contribution is -2.50. The second-order valence-corrected chi connectivity index (χ2v) is 7.52. The van der Waals surface area contributed by atoms with Gasteiger partial charge in [0.15, 0.2) is 6.10 Å². The maximum absolute atomic E-state index is 12.8. The van der Waals surface area contributed by atoms with E-state index >= 15 is 0 Å². The van der Waals surface area contributed by atoms with Gasteiger partial charge in [-0.1, -0.05) is 20.8 Å². The van der Waals surface area contributed by atoms with Crippen molar-refractivity contribution in [2.24, 2.45) is 5.92 Å². The highest BCUT2D eigenvalue weighted by Crippen LogP contribution is 2.21. The SMILES string of the molecule is CC[C@H](NC(=O)C(Oc1nc(OC)cc(OC)n1)C(C)C)C(=O)OC(C)(C)C. The number of ether oxygens (including phenoxy) is 4. The van der Waals surface area contributed by atoms with E-state index in [1.807, 2.05) is 13.8 Å². The molecule has 0 fully saturated rings. The Labute approximate surface area is 166 Å². The molecule has 0 aliphatic carbocycles. The van der Waals surface area contributed by atoms with Crippen molar-refractivity contribution < 1.29 is 28.5 Å². The monoisotopic (exact) mass is 397 g/mol. The summed E-state index contributed by atoms with van der Waals surface area (Å²) < 4.78 is 21.2. The van der Waals surface area contributed by atoms with Crippen LogP contribution >= 0.6 is 0 Å². The van der Waals surface area contributed by atoms with Crippen LogP contribution in [0.1, 0.15) is 48.0 Å². The first-order valence-corrected chi connectivity index (χ1v) is 9.17. The number of aromatic nitrogens is 2. The number of rotatable bonds is 9. The number of methoxy groups -OCH3 is 2. The number of carbonyl (C=O) groups excluding carboxylic acids is 2. The maximum atomic E-state index is 12.8. The van der Waals surface area contributed by atoms with Crippen molar-refractivity contribution in [2.45, 2.75) is 65.7 Å². The van der Waals surface area contributed by atoms with E-state index in [2.05, 4.69) is 15.3 Å². The highest BCUT2D eigenvalue weighted by Gasteiger charge is 2.31. The standard InChI is InChI=1S/C19H31N3O6/c1-9-12(17(24)28-19(4,5)6)20-16(23)15(11(2)3)27-18-21-13(25-7)10-14(22-18)26-8/h10-12,15H,9H2,1-8H3,(H,20,23)/t12-,15?/m0/s1. The molecule has 0 bridgehead atoms. The first-order valence-electron chi connectivity index (χ1n) is 9.17. The highest BCUT2D eigenvalue weighted by molar-refractivity contribution is 5.87. The molecule has 0 saturated carbocycles. The van der Waals surface area contributed by atoms with Crippen molar-refractivity contribution in [3.8, 4) is 17.8 Å². The van der Waals surface area contributed by atoms with Gasteiger partial charge in [0.25, 0.3) is 5.91 Å². The molecule has 0 spiro atoms. The van der Waals surface area contributed by atoms with Gasteiger partial charge in [0, 0.05) is 0 Å². The van der Waals surface area contributed by atoms with Gasteiger partial charge in [0.2, 0.25) is 11.8 Å². The van der Waals surface area contributed by atoms with Crippen molar-refractivity contribution in [1.82, 2.24) is 15.3 Å². The van der Waals surface area contributed by atoms with Gasteiger partial charge in [0.1, 0.15) is 11.6 Å². The van der Waals surface area contributed by atoms with Crippen LogP contribution in [-0.2, 0) is 14.3 Å². The van der Waals surface area contributed by atoms with Crippen LogP contribution in [0.15, 0.2) is 6.07 Å². The Hall–Kier alpha value is -2.58. The predicted octanol–water partition coefficient (Wildman–Crippen LogP) is 2.13. The second kappa shape index (κ2) is 10.1.